The van der Waals surface area contributed by atoms with Gasteiger partial charge in [0.25, 0.3) is 0 Å². The lowest BCUT2D eigenvalue weighted by Crippen LogP contribution is -2.53. The molecule has 0 saturated heterocycles. The normalized spacial score (nSPS) is 23.2. The predicted octanol–water partition coefficient (Wildman–Crippen LogP) is 2.64. The Balaban J connectivity index is 3.17. The number of nitrogens with one attached hydrogen (secondary N) is 1. The number of ether oxygens (including phenoxy) is 2. The molecule has 0 spiro atoms. The number of carbonyl (C=O) groups is 2. The van der Waals surface area contributed by atoms with E-state index in [0.717, 1.165) is 12.8 Å². The molecular weight excluding hydrogens is 312 g/mol. The highest BCUT2D eigenvalue weighted by Crippen LogP contribution is 2.27. The van der Waals surface area contributed by atoms with Crippen molar-refractivity contribution >= 4 is 11.9 Å². The number of nitrogens with zero attached hydrogens (tertiary/aromatic N) is 3. The van der Waals surface area contributed by atoms with Gasteiger partial charge >= 0.3 is 5.97 Å². The van der Waals surface area contributed by atoms with Crippen LogP contribution in [0.5, 0.6) is 0 Å². The molecule has 1 N–H and O–H groups in total. The van der Waals surface area contributed by atoms with Crippen LogP contribution in [0.3, 0.4) is 0 Å². The number of amides is 1. The van der Waals surface area contributed by atoms with Crippen LogP contribution in [-0.2, 0) is 19.1 Å². The fourth-order valence-corrected chi connectivity index (χ4v) is 2.74. The van der Waals surface area contributed by atoms with Gasteiger partial charge in [0.15, 0.2) is 0 Å². The molecule has 8 nitrogen and oxygen atoms in total. The lowest BCUT2D eigenvalue weighted by Gasteiger charge is -2.36. The van der Waals surface area contributed by atoms with Crippen molar-refractivity contribution in [3.05, 3.63) is 22.1 Å². The van der Waals surface area contributed by atoms with Gasteiger partial charge in [-0.1, -0.05) is 19.0 Å². The molecular formula is C16H26N4O4. The first-order chi connectivity index (χ1) is 11.5. The van der Waals surface area contributed by atoms with Crippen LogP contribution in [-0.4, -0.2) is 42.8 Å². The van der Waals surface area contributed by atoms with Crippen molar-refractivity contribution in [2.75, 3.05) is 6.61 Å². The molecule has 1 rings (SSSR count). The Morgan fingerprint density at radius 1 is 1.42 bits per heavy atom. The molecule has 24 heavy (non-hydrogen) atoms. The van der Waals surface area contributed by atoms with Crippen LogP contribution in [0.15, 0.2) is 16.8 Å². The maximum absolute atomic E-state index is 12.1. The Kier molecular flexibility index (Phi) is 8.29. The van der Waals surface area contributed by atoms with Gasteiger partial charge in [-0.05, 0) is 37.8 Å². The minimum absolute atomic E-state index is 0.0178. The SMILES string of the molecule is CCOC(=O)C1=C[C@@H](OC(CC)CC)C(NC(C)=O)[C@@H](N=[N+]=[N-])C1. The topological polar surface area (TPSA) is 113 Å². The second kappa shape index (κ2) is 9.95. The zero-order chi connectivity index (χ0) is 18.1. The molecule has 1 aliphatic carbocycles. The van der Waals surface area contributed by atoms with Crippen molar-refractivity contribution in [2.45, 2.75) is 71.2 Å². The van der Waals surface area contributed by atoms with Gasteiger partial charge in [0.2, 0.25) is 5.91 Å². The van der Waals surface area contributed by atoms with E-state index < -0.39 is 24.2 Å². The highest BCUT2D eigenvalue weighted by molar-refractivity contribution is 5.89. The Morgan fingerprint density at radius 2 is 2.08 bits per heavy atom. The van der Waals surface area contributed by atoms with E-state index in [9.17, 15) is 9.59 Å². The Hall–Kier alpha value is -2.05. The van der Waals surface area contributed by atoms with Crippen LogP contribution in [0.25, 0.3) is 10.4 Å². The number of hydrogen-bond acceptors (Lipinski definition) is 5. The van der Waals surface area contributed by atoms with Crippen LogP contribution >= 0.6 is 0 Å². The third-order valence-electron chi connectivity index (χ3n) is 3.93. The maximum atomic E-state index is 12.1. The van der Waals surface area contributed by atoms with Crippen molar-refractivity contribution in [2.24, 2.45) is 5.11 Å². The molecule has 3 atom stereocenters. The number of esters is 1. The summed E-state index contributed by atoms with van der Waals surface area (Å²) in [7, 11) is 0. The largest absolute Gasteiger partial charge is 0.463 e. The summed E-state index contributed by atoms with van der Waals surface area (Å²) in [4.78, 5) is 26.5. The summed E-state index contributed by atoms with van der Waals surface area (Å²) in [5.74, 6) is -0.695. The van der Waals surface area contributed by atoms with Crippen molar-refractivity contribution in [3.63, 3.8) is 0 Å². The van der Waals surface area contributed by atoms with Gasteiger partial charge < -0.3 is 14.8 Å². The molecule has 0 aromatic heterocycles. The summed E-state index contributed by atoms with van der Waals surface area (Å²) in [5.41, 5.74) is 9.24. The third kappa shape index (κ3) is 5.54. The summed E-state index contributed by atoms with van der Waals surface area (Å²) in [6, 6.07) is -1.13. The molecule has 134 valence electrons. The molecule has 1 aliphatic rings. The van der Waals surface area contributed by atoms with Gasteiger partial charge in [0.05, 0.1) is 30.9 Å². The molecule has 0 aromatic carbocycles. The molecule has 0 heterocycles. The second-order valence-electron chi connectivity index (χ2n) is 5.65. The smallest absolute Gasteiger partial charge is 0.333 e. The van der Waals surface area contributed by atoms with E-state index >= 15 is 0 Å². The molecule has 0 bridgehead atoms. The Labute approximate surface area is 142 Å². The average Bonchev–Trinajstić information content (AvgIpc) is 2.54. The predicted molar refractivity (Wildman–Crippen MR) is 89.1 cm³/mol. The zero-order valence-corrected chi connectivity index (χ0v) is 14.7. The summed E-state index contributed by atoms with van der Waals surface area (Å²) in [6.45, 7) is 7.39. The van der Waals surface area contributed by atoms with Gasteiger partial charge in [-0.25, -0.2) is 4.79 Å². The van der Waals surface area contributed by atoms with E-state index in [1.165, 1.54) is 6.92 Å². The fraction of sp³-hybridized carbons (Fsp3) is 0.750. The monoisotopic (exact) mass is 338 g/mol. The Morgan fingerprint density at radius 3 is 2.58 bits per heavy atom. The van der Waals surface area contributed by atoms with E-state index in [0.29, 0.717) is 5.57 Å². The highest BCUT2D eigenvalue weighted by Gasteiger charge is 2.37. The molecule has 1 unspecified atom stereocenters. The summed E-state index contributed by atoms with van der Waals surface area (Å²) >= 11 is 0. The molecule has 8 heteroatoms. The van der Waals surface area contributed by atoms with Gasteiger partial charge in [-0.2, -0.15) is 0 Å². The number of hydrogen-bond donors (Lipinski definition) is 1. The standard InChI is InChI=1S/C16H26N4O4/c1-5-12(6-2)24-14-9-11(16(22)23-7-3)8-13(19-20-17)15(14)18-10(4)21/h9,12-15H,5-8H2,1-4H3,(H,18,21)/t13-,14+,15?/m0/s1. The second-order valence-corrected chi connectivity index (χ2v) is 5.65. The van der Waals surface area contributed by atoms with Gasteiger partial charge in [-0.15, -0.1) is 0 Å². The van der Waals surface area contributed by atoms with Crippen LogP contribution in [0.4, 0.5) is 0 Å². The van der Waals surface area contributed by atoms with Crippen LogP contribution in [0.2, 0.25) is 0 Å². The summed E-state index contributed by atoms with van der Waals surface area (Å²) in [6.07, 6.45) is 2.92. The minimum Gasteiger partial charge on any atom is -0.463 e. The van der Waals surface area contributed by atoms with E-state index in [2.05, 4.69) is 15.3 Å². The number of rotatable bonds is 8. The lowest BCUT2D eigenvalue weighted by atomic mass is 9.88. The average molecular weight is 338 g/mol. The molecule has 0 aliphatic heterocycles. The molecule has 1 amide bonds. The third-order valence-corrected chi connectivity index (χ3v) is 3.93. The van der Waals surface area contributed by atoms with Crippen LogP contribution in [0, 0.1) is 0 Å². The van der Waals surface area contributed by atoms with Crippen molar-refractivity contribution in [3.8, 4) is 0 Å². The first-order valence-electron chi connectivity index (χ1n) is 8.31. The fourth-order valence-electron chi connectivity index (χ4n) is 2.74. The van der Waals surface area contributed by atoms with Gasteiger partial charge in [-0.3, -0.25) is 4.79 Å². The Bertz CT molecular complexity index is 524. The van der Waals surface area contributed by atoms with Crippen molar-refractivity contribution in [1.82, 2.24) is 5.32 Å². The molecule has 0 radical (unpaired) electrons. The van der Waals surface area contributed by atoms with E-state index in [-0.39, 0.29) is 25.0 Å². The number of azide groups is 1. The van der Waals surface area contributed by atoms with E-state index in [1.54, 1.807) is 13.0 Å². The van der Waals surface area contributed by atoms with Gasteiger partial charge in [0.1, 0.15) is 0 Å². The summed E-state index contributed by atoms with van der Waals surface area (Å²) < 4.78 is 11.1. The highest BCUT2D eigenvalue weighted by atomic mass is 16.5. The first-order valence-corrected chi connectivity index (χ1v) is 8.31. The minimum atomic E-state index is -0.609. The first kappa shape index (κ1) is 20.0. The maximum Gasteiger partial charge on any atom is 0.333 e. The quantitative estimate of drug-likeness (QED) is 0.317. The number of carbonyl (C=O) groups excluding carboxylic acids is 2. The van der Waals surface area contributed by atoms with E-state index in [4.69, 9.17) is 15.0 Å². The molecule has 0 aromatic rings. The van der Waals surface area contributed by atoms with Crippen molar-refractivity contribution in [1.29, 1.82) is 0 Å². The zero-order valence-electron chi connectivity index (χ0n) is 14.7. The molecule has 0 fully saturated rings. The summed E-state index contributed by atoms with van der Waals surface area (Å²) in [5, 5.41) is 6.54. The van der Waals surface area contributed by atoms with Gasteiger partial charge in [0, 0.05) is 17.4 Å². The lowest BCUT2D eigenvalue weighted by molar-refractivity contribution is -0.139. The van der Waals surface area contributed by atoms with Crippen LogP contribution in [0.1, 0.15) is 47.0 Å². The van der Waals surface area contributed by atoms with Crippen molar-refractivity contribution < 1.29 is 19.1 Å². The van der Waals surface area contributed by atoms with E-state index in [1.807, 2.05) is 13.8 Å². The van der Waals surface area contributed by atoms with Crippen LogP contribution < -0.4 is 5.32 Å². The molecule has 0 saturated carbocycles.